The molecule has 0 aliphatic carbocycles. The van der Waals surface area contributed by atoms with Gasteiger partial charge >= 0.3 is 0 Å². The Kier molecular flexibility index (Phi) is 3.09. The molecule has 1 aromatic rings. The van der Waals surface area contributed by atoms with Crippen LogP contribution in [-0.2, 0) is 7.05 Å². The average Bonchev–Trinajstić information content (AvgIpc) is 2.49. The van der Waals surface area contributed by atoms with E-state index in [1.54, 1.807) is 6.33 Å². The van der Waals surface area contributed by atoms with Crippen molar-refractivity contribution < 1.29 is 0 Å². The van der Waals surface area contributed by atoms with E-state index in [0.29, 0.717) is 11.8 Å². The van der Waals surface area contributed by atoms with Crippen molar-refractivity contribution in [2.75, 3.05) is 0 Å². The summed E-state index contributed by atoms with van der Waals surface area (Å²) >= 11 is 0. The molecule has 2 unspecified atom stereocenters. The third kappa shape index (κ3) is 2.31. The van der Waals surface area contributed by atoms with Crippen LogP contribution in [0.2, 0.25) is 0 Å². The van der Waals surface area contributed by atoms with E-state index >= 15 is 0 Å². The second-order valence-corrected chi connectivity index (χ2v) is 4.09. The maximum absolute atomic E-state index is 6.08. The summed E-state index contributed by atoms with van der Waals surface area (Å²) in [6, 6.07) is 0.0567. The van der Waals surface area contributed by atoms with Crippen LogP contribution in [0.1, 0.15) is 32.5 Å². The number of nitrogens with zero attached hydrogens (tertiary/aromatic N) is 2. The van der Waals surface area contributed by atoms with Gasteiger partial charge in [0.05, 0.1) is 18.1 Å². The minimum Gasteiger partial charge on any atom is -0.340 e. The van der Waals surface area contributed by atoms with Crippen LogP contribution in [0.4, 0.5) is 0 Å². The predicted octanol–water partition coefficient (Wildman–Crippen LogP) is 1.71. The van der Waals surface area contributed by atoms with E-state index in [2.05, 4.69) is 25.8 Å². The molecular weight excluding hydrogens is 162 g/mol. The number of hydrogen-bond donors (Lipinski definition) is 1. The topological polar surface area (TPSA) is 43.8 Å². The van der Waals surface area contributed by atoms with Gasteiger partial charge in [-0.2, -0.15) is 0 Å². The van der Waals surface area contributed by atoms with E-state index < -0.39 is 0 Å². The molecule has 0 fully saturated rings. The van der Waals surface area contributed by atoms with Crippen LogP contribution >= 0.6 is 0 Å². The van der Waals surface area contributed by atoms with E-state index in [1.807, 2.05) is 17.8 Å². The number of hydrogen-bond acceptors (Lipinski definition) is 2. The summed E-state index contributed by atoms with van der Waals surface area (Å²) in [6.07, 6.45) is 3.78. The fourth-order valence-corrected chi connectivity index (χ4v) is 1.29. The van der Waals surface area contributed by atoms with Gasteiger partial charge in [-0.25, -0.2) is 4.98 Å². The summed E-state index contributed by atoms with van der Waals surface area (Å²) in [6.45, 7) is 6.55. The number of aryl methyl sites for hydroxylation is 1. The molecule has 1 aromatic heterocycles. The lowest BCUT2D eigenvalue weighted by molar-refractivity contribution is 0.348. The van der Waals surface area contributed by atoms with E-state index in [4.69, 9.17) is 5.73 Å². The van der Waals surface area contributed by atoms with Crippen LogP contribution in [0.25, 0.3) is 0 Å². The predicted molar refractivity (Wildman–Crippen MR) is 54.1 cm³/mol. The van der Waals surface area contributed by atoms with Crippen molar-refractivity contribution in [1.82, 2.24) is 9.55 Å². The third-order valence-electron chi connectivity index (χ3n) is 2.68. The molecule has 0 radical (unpaired) electrons. The lowest BCUT2D eigenvalue weighted by atomic mass is 9.89. The molecule has 0 saturated heterocycles. The first kappa shape index (κ1) is 10.3. The van der Waals surface area contributed by atoms with E-state index in [0.717, 1.165) is 5.69 Å². The van der Waals surface area contributed by atoms with Crippen LogP contribution in [0, 0.1) is 11.8 Å². The first-order valence-corrected chi connectivity index (χ1v) is 4.75. The van der Waals surface area contributed by atoms with E-state index in [9.17, 15) is 0 Å². The lowest BCUT2D eigenvalue weighted by Crippen LogP contribution is -2.23. The first-order valence-electron chi connectivity index (χ1n) is 4.75. The number of imidazole rings is 1. The number of aromatic nitrogens is 2. The fraction of sp³-hybridized carbons (Fsp3) is 0.700. The number of nitrogens with two attached hydrogens (primary N) is 1. The molecule has 0 saturated carbocycles. The highest BCUT2D eigenvalue weighted by Crippen LogP contribution is 2.23. The largest absolute Gasteiger partial charge is 0.340 e. The molecule has 0 bridgehead atoms. The van der Waals surface area contributed by atoms with Gasteiger partial charge in [0.25, 0.3) is 0 Å². The molecule has 2 atom stereocenters. The van der Waals surface area contributed by atoms with Crippen molar-refractivity contribution in [2.24, 2.45) is 24.6 Å². The minimum atomic E-state index is 0.0567. The van der Waals surface area contributed by atoms with Crippen molar-refractivity contribution in [3.63, 3.8) is 0 Å². The Hall–Kier alpha value is -0.830. The maximum Gasteiger partial charge on any atom is 0.0947 e. The summed E-state index contributed by atoms with van der Waals surface area (Å²) in [5.74, 6) is 1.06. The fourth-order valence-electron chi connectivity index (χ4n) is 1.29. The van der Waals surface area contributed by atoms with Gasteiger partial charge in [0.1, 0.15) is 0 Å². The Morgan fingerprint density at radius 2 is 2.00 bits per heavy atom. The highest BCUT2D eigenvalue weighted by molar-refractivity contribution is 5.04. The van der Waals surface area contributed by atoms with E-state index in [1.165, 1.54) is 0 Å². The van der Waals surface area contributed by atoms with Gasteiger partial charge in [-0.15, -0.1) is 0 Å². The minimum absolute atomic E-state index is 0.0567. The van der Waals surface area contributed by atoms with Crippen LogP contribution < -0.4 is 5.73 Å². The zero-order chi connectivity index (χ0) is 10.0. The average molecular weight is 181 g/mol. The van der Waals surface area contributed by atoms with Crippen LogP contribution in [-0.4, -0.2) is 9.55 Å². The molecule has 3 heteroatoms. The Morgan fingerprint density at radius 3 is 2.38 bits per heavy atom. The third-order valence-corrected chi connectivity index (χ3v) is 2.68. The van der Waals surface area contributed by atoms with Crippen molar-refractivity contribution in [1.29, 1.82) is 0 Å². The summed E-state index contributed by atoms with van der Waals surface area (Å²) in [5.41, 5.74) is 7.07. The molecule has 1 rings (SSSR count). The summed E-state index contributed by atoms with van der Waals surface area (Å²) < 4.78 is 1.93. The molecule has 2 N–H and O–H groups in total. The summed E-state index contributed by atoms with van der Waals surface area (Å²) in [4.78, 5) is 4.26. The zero-order valence-corrected chi connectivity index (χ0v) is 8.86. The molecule has 1 heterocycles. The van der Waals surface area contributed by atoms with Crippen molar-refractivity contribution in [3.8, 4) is 0 Å². The first-order chi connectivity index (χ1) is 6.02. The van der Waals surface area contributed by atoms with Gasteiger partial charge in [0.2, 0.25) is 0 Å². The summed E-state index contributed by atoms with van der Waals surface area (Å²) in [7, 11) is 1.96. The van der Waals surface area contributed by atoms with Crippen LogP contribution in [0.5, 0.6) is 0 Å². The van der Waals surface area contributed by atoms with Crippen LogP contribution in [0.15, 0.2) is 12.5 Å². The Bertz CT molecular complexity index is 265. The van der Waals surface area contributed by atoms with Crippen molar-refractivity contribution in [3.05, 3.63) is 18.2 Å². The van der Waals surface area contributed by atoms with E-state index in [-0.39, 0.29) is 6.04 Å². The molecule has 3 nitrogen and oxygen atoms in total. The Morgan fingerprint density at radius 1 is 1.38 bits per heavy atom. The van der Waals surface area contributed by atoms with Gasteiger partial charge in [-0.1, -0.05) is 20.8 Å². The molecule has 0 aromatic carbocycles. The lowest BCUT2D eigenvalue weighted by Gasteiger charge is -2.21. The normalized spacial score (nSPS) is 16.2. The highest BCUT2D eigenvalue weighted by Gasteiger charge is 2.19. The smallest absolute Gasteiger partial charge is 0.0947 e. The van der Waals surface area contributed by atoms with Gasteiger partial charge in [-0.05, 0) is 11.8 Å². The molecule has 74 valence electrons. The quantitative estimate of drug-likeness (QED) is 0.771. The van der Waals surface area contributed by atoms with Gasteiger partial charge in [0, 0.05) is 13.2 Å². The van der Waals surface area contributed by atoms with Crippen molar-refractivity contribution >= 4 is 0 Å². The zero-order valence-electron chi connectivity index (χ0n) is 8.86. The molecule has 0 aliphatic rings. The molecule has 0 aliphatic heterocycles. The van der Waals surface area contributed by atoms with Gasteiger partial charge < -0.3 is 10.3 Å². The standard InChI is InChI=1S/C10H19N3/c1-7(2)8(3)10(11)9-5-13(4)6-12-9/h5-8,10H,11H2,1-4H3. The monoisotopic (exact) mass is 181 g/mol. The number of rotatable bonds is 3. The van der Waals surface area contributed by atoms with Crippen molar-refractivity contribution in [2.45, 2.75) is 26.8 Å². The second kappa shape index (κ2) is 3.92. The molecule has 0 spiro atoms. The molecular formula is C10H19N3. The molecule has 13 heavy (non-hydrogen) atoms. The van der Waals surface area contributed by atoms with Gasteiger partial charge in [-0.3, -0.25) is 0 Å². The second-order valence-electron chi connectivity index (χ2n) is 4.09. The summed E-state index contributed by atoms with van der Waals surface area (Å²) in [5, 5.41) is 0. The van der Waals surface area contributed by atoms with Gasteiger partial charge in [0.15, 0.2) is 0 Å². The Balaban J connectivity index is 2.73. The Labute approximate surface area is 80.0 Å². The van der Waals surface area contributed by atoms with Crippen LogP contribution in [0.3, 0.4) is 0 Å². The molecule has 0 amide bonds. The highest BCUT2D eigenvalue weighted by atomic mass is 15.0. The SMILES string of the molecule is CC(C)C(C)C(N)c1cn(C)cn1. The maximum atomic E-state index is 6.08.